The van der Waals surface area contributed by atoms with Gasteiger partial charge in [-0.25, -0.2) is 4.98 Å². The number of aromatic nitrogens is 1. The van der Waals surface area contributed by atoms with Gasteiger partial charge in [0.25, 0.3) is 0 Å². The summed E-state index contributed by atoms with van der Waals surface area (Å²) in [4.78, 5) is 18.4. The Kier molecular flexibility index (Phi) is 3.99. The second kappa shape index (κ2) is 5.34. The molecule has 1 aliphatic heterocycles. The first kappa shape index (κ1) is 13.5. The van der Waals surface area contributed by atoms with Gasteiger partial charge in [0.1, 0.15) is 0 Å². The zero-order valence-corrected chi connectivity index (χ0v) is 11.4. The number of carboxylic acid groups (broad SMARTS) is 1. The lowest BCUT2D eigenvalue weighted by atomic mass is 9.89. The van der Waals surface area contributed by atoms with Crippen LogP contribution in [-0.2, 0) is 11.2 Å². The number of likely N-dealkylation sites (N-methyl/N-ethyl adjacent to an activating group) is 1. The Hall–Kier alpha value is -0.980. The van der Waals surface area contributed by atoms with Gasteiger partial charge in [0, 0.05) is 23.7 Å². The van der Waals surface area contributed by atoms with Crippen LogP contribution in [0.5, 0.6) is 0 Å². The van der Waals surface area contributed by atoms with Gasteiger partial charge >= 0.3 is 5.97 Å². The molecule has 3 atom stereocenters. The lowest BCUT2D eigenvalue weighted by Crippen LogP contribution is -2.50. The second-order valence-corrected chi connectivity index (χ2v) is 6.21. The molecule has 1 saturated heterocycles. The first-order chi connectivity index (χ1) is 8.47. The summed E-state index contributed by atoms with van der Waals surface area (Å²) in [6, 6.07) is 0.190. The van der Waals surface area contributed by atoms with Crippen molar-refractivity contribution in [2.45, 2.75) is 31.9 Å². The van der Waals surface area contributed by atoms with Crippen LogP contribution < -0.4 is 0 Å². The summed E-state index contributed by atoms with van der Waals surface area (Å²) in [6.07, 6.45) is 2.44. The zero-order valence-electron chi connectivity index (χ0n) is 10.5. The summed E-state index contributed by atoms with van der Waals surface area (Å²) >= 11 is 1.66. The number of hydrogen-bond donors (Lipinski definition) is 2. The molecule has 100 valence electrons. The summed E-state index contributed by atoms with van der Waals surface area (Å²) in [5.74, 6) is -1.59. The molecule has 0 aliphatic carbocycles. The maximum Gasteiger partial charge on any atom is 0.310 e. The van der Waals surface area contributed by atoms with E-state index in [1.807, 2.05) is 25.1 Å². The van der Waals surface area contributed by atoms with Crippen LogP contribution in [-0.4, -0.2) is 51.8 Å². The molecule has 2 rings (SSSR count). The van der Waals surface area contributed by atoms with Gasteiger partial charge in [0.05, 0.1) is 17.0 Å². The molecule has 3 unspecified atom stereocenters. The van der Waals surface area contributed by atoms with E-state index in [0.717, 1.165) is 11.4 Å². The number of rotatable bonds is 3. The van der Waals surface area contributed by atoms with E-state index in [2.05, 4.69) is 4.98 Å². The van der Waals surface area contributed by atoms with E-state index in [-0.39, 0.29) is 6.04 Å². The van der Waals surface area contributed by atoms with E-state index in [0.29, 0.717) is 13.0 Å². The number of carboxylic acids is 1. The number of carbonyl (C=O) groups is 1. The Morgan fingerprint density at radius 1 is 1.67 bits per heavy atom. The molecular formula is C12H18N2O3S. The molecule has 0 amide bonds. The molecule has 2 heterocycles. The lowest BCUT2D eigenvalue weighted by molar-refractivity contribution is -0.149. The Bertz CT molecular complexity index is 435. The number of aliphatic hydroxyl groups excluding tert-OH is 1. The average Bonchev–Trinajstić information content (AvgIpc) is 2.68. The monoisotopic (exact) mass is 270 g/mol. The fourth-order valence-corrected chi connectivity index (χ4v) is 3.28. The van der Waals surface area contributed by atoms with Gasteiger partial charge in [0.15, 0.2) is 0 Å². The summed E-state index contributed by atoms with van der Waals surface area (Å²) in [6.45, 7) is 2.37. The Labute approximate surface area is 110 Å². The lowest BCUT2D eigenvalue weighted by Gasteiger charge is -2.38. The van der Waals surface area contributed by atoms with Crippen LogP contribution >= 0.6 is 11.3 Å². The van der Waals surface area contributed by atoms with Crippen LogP contribution in [0.4, 0.5) is 0 Å². The highest BCUT2D eigenvalue weighted by Gasteiger charge is 2.36. The molecule has 0 spiro atoms. The van der Waals surface area contributed by atoms with E-state index >= 15 is 0 Å². The number of aliphatic carboxylic acids is 1. The number of nitrogens with zero attached hydrogens (tertiary/aromatic N) is 2. The predicted molar refractivity (Wildman–Crippen MR) is 68.7 cm³/mol. The zero-order chi connectivity index (χ0) is 13.3. The third kappa shape index (κ3) is 2.88. The Balaban J connectivity index is 2.01. The summed E-state index contributed by atoms with van der Waals surface area (Å²) in [5.41, 5.74) is 0. The summed E-state index contributed by atoms with van der Waals surface area (Å²) < 4.78 is 0. The number of thiazole rings is 1. The Morgan fingerprint density at radius 2 is 2.39 bits per heavy atom. The highest BCUT2D eigenvalue weighted by Crippen LogP contribution is 2.25. The minimum atomic E-state index is -0.915. The maximum atomic E-state index is 11.0. The van der Waals surface area contributed by atoms with E-state index in [1.54, 1.807) is 11.3 Å². The highest BCUT2D eigenvalue weighted by molar-refractivity contribution is 7.11. The molecular weight excluding hydrogens is 252 g/mol. The van der Waals surface area contributed by atoms with Crippen molar-refractivity contribution in [2.75, 3.05) is 13.6 Å². The van der Waals surface area contributed by atoms with Crippen LogP contribution in [0, 0.1) is 12.8 Å². The number of likely N-dealkylation sites (tertiary alicyclic amines) is 1. The predicted octanol–water partition coefficient (Wildman–Crippen LogP) is 0.760. The smallest absolute Gasteiger partial charge is 0.310 e. The van der Waals surface area contributed by atoms with Crippen molar-refractivity contribution < 1.29 is 15.0 Å². The minimum absolute atomic E-state index is 0.190. The van der Waals surface area contributed by atoms with E-state index in [4.69, 9.17) is 5.11 Å². The third-order valence-electron chi connectivity index (χ3n) is 3.51. The van der Waals surface area contributed by atoms with Crippen molar-refractivity contribution in [1.29, 1.82) is 0 Å². The first-order valence-corrected chi connectivity index (χ1v) is 6.81. The molecule has 1 aliphatic rings. The number of aliphatic hydroxyl groups is 1. The number of aryl methyl sites for hydroxylation is 1. The standard InChI is InChI=1S/C12H18N2O3S/c1-7-13-5-9(18-7)3-8-4-11(15)10(12(16)17)6-14(8)2/h5,8,10-11,15H,3-4,6H2,1-2H3,(H,16,17). The number of piperidine rings is 1. The fourth-order valence-electron chi connectivity index (χ4n) is 2.42. The van der Waals surface area contributed by atoms with Gasteiger partial charge in [-0.05, 0) is 26.8 Å². The average molecular weight is 270 g/mol. The van der Waals surface area contributed by atoms with Crippen molar-refractivity contribution in [3.05, 3.63) is 16.1 Å². The molecule has 0 aromatic carbocycles. The SMILES string of the molecule is Cc1ncc(CC2CC(O)C(C(=O)O)CN2C)s1. The van der Waals surface area contributed by atoms with Crippen LogP contribution in [0.15, 0.2) is 6.20 Å². The fraction of sp³-hybridized carbons (Fsp3) is 0.667. The van der Waals surface area contributed by atoms with E-state index in [1.165, 1.54) is 4.88 Å². The van der Waals surface area contributed by atoms with Crippen molar-refractivity contribution in [2.24, 2.45) is 5.92 Å². The minimum Gasteiger partial charge on any atom is -0.481 e. The van der Waals surface area contributed by atoms with Crippen molar-refractivity contribution >= 4 is 17.3 Å². The second-order valence-electron chi connectivity index (χ2n) is 4.89. The topological polar surface area (TPSA) is 73.7 Å². The Morgan fingerprint density at radius 3 is 2.94 bits per heavy atom. The van der Waals surface area contributed by atoms with Crippen LogP contribution in [0.3, 0.4) is 0 Å². The molecule has 1 aromatic heterocycles. The summed E-state index contributed by atoms with van der Waals surface area (Å²) in [7, 11) is 1.92. The maximum absolute atomic E-state index is 11.0. The molecule has 0 saturated carbocycles. The van der Waals surface area contributed by atoms with Crippen molar-refractivity contribution in [3.63, 3.8) is 0 Å². The van der Waals surface area contributed by atoms with Gasteiger partial charge in [-0.1, -0.05) is 0 Å². The highest BCUT2D eigenvalue weighted by atomic mass is 32.1. The summed E-state index contributed by atoms with van der Waals surface area (Å²) in [5, 5.41) is 19.9. The van der Waals surface area contributed by atoms with Crippen LogP contribution in [0.25, 0.3) is 0 Å². The molecule has 0 bridgehead atoms. The van der Waals surface area contributed by atoms with Gasteiger partial charge in [-0.3, -0.25) is 4.79 Å². The molecule has 5 nitrogen and oxygen atoms in total. The van der Waals surface area contributed by atoms with Crippen molar-refractivity contribution in [1.82, 2.24) is 9.88 Å². The molecule has 18 heavy (non-hydrogen) atoms. The quantitative estimate of drug-likeness (QED) is 0.848. The molecule has 1 aromatic rings. The van der Waals surface area contributed by atoms with Crippen LogP contribution in [0.1, 0.15) is 16.3 Å². The third-order valence-corrected chi connectivity index (χ3v) is 4.44. The van der Waals surface area contributed by atoms with Gasteiger partial charge in [-0.15, -0.1) is 11.3 Å². The van der Waals surface area contributed by atoms with E-state index in [9.17, 15) is 9.90 Å². The van der Waals surface area contributed by atoms with Crippen LogP contribution in [0.2, 0.25) is 0 Å². The van der Waals surface area contributed by atoms with Crippen molar-refractivity contribution in [3.8, 4) is 0 Å². The van der Waals surface area contributed by atoms with Gasteiger partial charge < -0.3 is 15.1 Å². The molecule has 6 heteroatoms. The molecule has 2 N–H and O–H groups in total. The van der Waals surface area contributed by atoms with Gasteiger partial charge in [0.2, 0.25) is 0 Å². The molecule has 1 fully saturated rings. The van der Waals surface area contributed by atoms with Gasteiger partial charge in [-0.2, -0.15) is 0 Å². The van der Waals surface area contributed by atoms with E-state index < -0.39 is 18.0 Å². The first-order valence-electron chi connectivity index (χ1n) is 5.99. The largest absolute Gasteiger partial charge is 0.481 e. The number of hydrogen-bond acceptors (Lipinski definition) is 5. The molecule has 0 radical (unpaired) electrons. The normalized spacial score (nSPS) is 29.4.